The minimum Gasteiger partial charge on any atom is -0.478 e. The third kappa shape index (κ3) is 3.41. The van der Waals surface area contributed by atoms with Crippen LogP contribution in [-0.4, -0.2) is 51.3 Å². The highest BCUT2D eigenvalue weighted by atomic mass is 16.5. The standard InChI is InChI=1S/C19H25N3O3/c1-13-4-7-21(8-5-13)12-18-20-16-3-2-14(19(23)24)10-17(16)22(18)11-15-6-9-25-15/h2-3,10,13,15H,4-9,11-12H2,1H3,(H,23,24)/t15-/m0/s1. The number of rotatable bonds is 5. The molecule has 2 aliphatic rings. The average Bonchev–Trinajstić information content (AvgIpc) is 2.89. The minimum atomic E-state index is -0.902. The molecular weight excluding hydrogens is 318 g/mol. The van der Waals surface area contributed by atoms with Crippen molar-refractivity contribution in [3.8, 4) is 0 Å². The van der Waals surface area contributed by atoms with E-state index in [0.29, 0.717) is 5.56 Å². The van der Waals surface area contributed by atoms with Crippen molar-refractivity contribution < 1.29 is 14.6 Å². The van der Waals surface area contributed by atoms with Crippen LogP contribution in [0.25, 0.3) is 11.0 Å². The van der Waals surface area contributed by atoms with Gasteiger partial charge in [-0.3, -0.25) is 4.90 Å². The van der Waals surface area contributed by atoms with E-state index in [9.17, 15) is 9.90 Å². The number of aromatic nitrogens is 2. The van der Waals surface area contributed by atoms with Crippen molar-refractivity contribution in [2.45, 2.75) is 45.4 Å². The van der Waals surface area contributed by atoms with Crippen molar-refractivity contribution in [3.63, 3.8) is 0 Å². The highest BCUT2D eigenvalue weighted by Crippen LogP contribution is 2.24. The molecule has 1 N–H and O–H groups in total. The highest BCUT2D eigenvalue weighted by molar-refractivity contribution is 5.92. The second kappa shape index (κ2) is 6.77. The summed E-state index contributed by atoms with van der Waals surface area (Å²) in [5, 5.41) is 9.30. The fourth-order valence-electron chi connectivity index (χ4n) is 3.68. The lowest BCUT2D eigenvalue weighted by Gasteiger charge is -2.31. The Balaban J connectivity index is 1.66. The second-order valence-electron chi connectivity index (χ2n) is 7.39. The molecule has 4 rings (SSSR count). The minimum absolute atomic E-state index is 0.214. The average molecular weight is 343 g/mol. The van der Waals surface area contributed by atoms with Crippen molar-refractivity contribution in [3.05, 3.63) is 29.6 Å². The van der Waals surface area contributed by atoms with Crippen LogP contribution >= 0.6 is 0 Å². The van der Waals surface area contributed by atoms with Gasteiger partial charge in [0.1, 0.15) is 5.82 Å². The largest absolute Gasteiger partial charge is 0.478 e. The highest BCUT2D eigenvalue weighted by Gasteiger charge is 2.24. The second-order valence-corrected chi connectivity index (χ2v) is 7.39. The van der Waals surface area contributed by atoms with E-state index < -0.39 is 5.97 Å². The number of imidazole rings is 1. The summed E-state index contributed by atoms with van der Waals surface area (Å²) in [7, 11) is 0. The van der Waals surface area contributed by atoms with Gasteiger partial charge in [0.15, 0.2) is 0 Å². The molecule has 0 spiro atoms. The van der Waals surface area contributed by atoms with E-state index in [0.717, 1.165) is 62.0 Å². The molecule has 0 radical (unpaired) electrons. The Morgan fingerprint density at radius 2 is 2.08 bits per heavy atom. The Morgan fingerprint density at radius 1 is 1.32 bits per heavy atom. The molecule has 25 heavy (non-hydrogen) atoms. The van der Waals surface area contributed by atoms with Crippen molar-refractivity contribution in [1.82, 2.24) is 14.5 Å². The first-order valence-corrected chi connectivity index (χ1v) is 9.16. The smallest absolute Gasteiger partial charge is 0.335 e. The number of nitrogens with zero attached hydrogens (tertiary/aromatic N) is 3. The lowest BCUT2D eigenvalue weighted by Crippen LogP contribution is -2.35. The summed E-state index contributed by atoms with van der Waals surface area (Å²) >= 11 is 0. The lowest BCUT2D eigenvalue weighted by molar-refractivity contribution is -0.0592. The van der Waals surface area contributed by atoms with Crippen LogP contribution in [0.15, 0.2) is 18.2 Å². The number of hydrogen-bond acceptors (Lipinski definition) is 4. The predicted octanol–water partition coefficient (Wildman–Crippen LogP) is 2.76. The number of aromatic carboxylic acids is 1. The molecule has 1 aromatic heterocycles. The number of carboxylic acids is 1. The third-order valence-electron chi connectivity index (χ3n) is 5.50. The third-order valence-corrected chi connectivity index (χ3v) is 5.50. The maximum Gasteiger partial charge on any atom is 0.335 e. The van der Waals surface area contributed by atoms with Gasteiger partial charge in [-0.25, -0.2) is 9.78 Å². The van der Waals surface area contributed by atoms with Crippen LogP contribution in [0.4, 0.5) is 0 Å². The zero-order valence-electron chi connectivity index (χ0n) is 14.6. The number of carbonyl (C=O) groups is 1. The number of hydrogen-bond donors (Lipinski definition) is 1. The first kappa shape index (κ1) is 16.5. The summed E-state index contributed by atoms with van der Waals surface area (Å²) in [6.45, 7) is 6.90. The van der Waals surface area contributed by atoms with E-state index in [-0.39, 0.29) is 6.10 Å². The van der Waals surface area contributed by atoms with E-state index in [1.54, 1.807) is 12.1 Å². The van der Waals surface area contributed by atoms with Gasteiger partial charge in [-0.2, -0.15) is 0 Å². The number of ether oxygens (including phenoxy) is 1. The Bertz CT molecular complexity index is 774. The molecular formula is C19H25N3O3. The lowest BCUT2D eigenvalue weighted by atomic mass is 9.99. The van der Waals surface area contributed by atoms with Crippen LogP contribution in [0.5, 0.6) is 0 Å². The fraction of sp³-hybridized carbons (Fsp3) is 0.579. The van der Waals surface area contributed by atoms with Crippen molar-refractivity contribution in [2.75, 3.05) is 19.7 Å². The first-order valence-electron chi connectivity index (χ1n) is 9.16. The molecule has 2 saturated heterocycles. The van der Waals surface area contributed by atoms with Crippen LogP contribution in [0.3, 0.4) is 0 Å². The molecule has 1 aromatic carbocycles. The van der Waals surface area contributed by atoms with Crippen LogP contribution in [0.2, 0.25) is 0 Å². The summed E-state index contributed by atoms with van der Waals surface area (Å²) in [6.07, 6.45) is 3.73. The van der Waals surface area contributed by atoms with E-state index in [4.69, 9.17) is 9.72 Å². The molecule has 1 atom stereocenters. The normalized spacial score (nSPS) is 22.2. The monoisotopic (exact) mass is 343 g/mol. The Morgan fingerprint density at radius 3 is 2.72 bits per heavy atom. The van der Waals surface area contributed by atoms with Crippen molar-refractivity contribution in [2.24, 2.45) is 5.92 Å². The number of piperidine rings is 1. The molecule has 6 nitrogen and oxygen atoms in total. The van der Waals surface area contributed by atoms with Gasteiger partial charge >= 0.3 is 5.97 Å². The zero-order valence-corrected chi connectivity index (χ0v) is 14.6. The van der Waals surface area contributed by atoms with Crippen LogP contribution in [0.1, 0.15) is 42.4 Å². The summed E-state index contributed by atoms with van der Waals surface area (Å²) < 4.78 is 7.78. The molecule has 2 fully saturated rings. The van der Waals surface area contributed by atoms with Crippen LogP contribution in [0, 0.1) is 5.92 Å². The van der Waals surface area contributed by atoms with Gasteiger partial charge in [0.2, 0.25) is 0 Å². The van der Waals surface area contributed by atoms with Gasteiger partial charge in [0, 0.05) is 6.61 Å². The number of carboxylic acid groups (broad SMARTS) is 1. The quantitative estimate of drug-likeness (QED) is 0.904. The summed E-state index contributed by atoms with van der Waals surface area (Å²) in [4.78, 5) is 18.6. The SMILES string of the molecule is CC1CCN(Cc2nc3ccc(C(=O)O)cc3n2C[C@@H]2CCO2)CC1. The van der Waals surface area contributed by atoms with Gasteiger partial charge in [-0.1, -0.05) is 6.92 Å². The Labute approximate surface area is 147 Å². The van der Waals surface area contributed by atoms with Crippen LogP contribution < -0.4 is 0 Å². The molecule has 0 unspecified atom stereocenters. The van der Waals surface area contributed by atoms with E-state index in [1.807, 2.05) is 6.07 Å². The molecule has 2 aliphatic heterocycles. The summed E-state index contributed by atoms with van der Waals surface area (Å²) in [6, 6.07) is 5.19. The number of benzene rings is 1. The Kier molecular flexibility index (Phi) is 4.48. The maximum atomic E-state index is 11.3. The molecule has 0 bridgehead atoms. The molecule has 0 aliphatic carbocycles. The van der Waals surface area contributed by atoms with Crippen molar-refractivity contribution >= 4 is 17.0 Å². The van der Waals surface area contributed by atoms with Crippen LogP contribution in [-0.2, 0) is 17.8 Å². The summed E-state index contributed by atoms with van der Waals surface area (Å²) in [5.74, 6) is 0.917. The van der Waals surface area contributed by atoms with Gasteiger partial charge in [-0.15, -0.1) is 0 Å². The number of fused-ring (bicyclic) bond motifs is 1. The summed E-state index contributed by atoms with van der Waals surface area (Å²) in [5.41, 5.74) is 2.07. The van der Waals surface area contributed by atoms with Gasteiger partial charge in [0.05, 0.1) is 35.8 Å². The fourth-order valence-corrected chi connectivity index (χ4v) is 3.68. The first-order chi connectivity index (χ1) is 12.1. The maximum absolute atomic E-state index is 11.3. The van der Waals surface area contributed by atoms with Gasteiger partial charge in [0.25, 0.3) is 0 Å². The number of likely N-dealkylation sites (tertiary alicyclic amines) is 1. The molecule has 6 heteroatoms. The van der Waals surface area contributed by atoms with Gasteiger partial charge < -0.3 is 14.4 Å². The molecule has 0 saturated carbocycles. The van der Waals surface area contributed by atoms with E-state index in [1.165, 1.54) is 12.8 Å². The topological polar surface area (TPSA) is 67.6 Å². The Hall–Kier alpha value is -1.92. The molecule has 134 valence electrons. The molecule has 2 aromatic rings. The zero-order chi connectivity index (χ0) is 17.4. The molecule has 3 heterocycles. The molecule has 0 amide bonds. The van der Waals surface area contributed by atoms with E-state index in [2.05, 4.69) is 16.4 Å². The van der Waals surface area contributed by atoms with Gasteiger partial charge in [-0.05, 0) is 56.5 Å². The van der Waals surface area contributed by atoms with Crippen molar-refractivity contribution in [1.29, 1.82) is 0 Å². The van der Waals surface area contributed by atoms with E-state index >= 15 is 0 Å². The predicted molar refractivity (Wildman–Crippen MR) is 94.7 cm³/mol.